The Morgan fingerprint density at radius 1 is 1.04 bits per heavy atom. The number of likely N-dealkylation sites (tertiary alicyclic amines) is 2. The maximum absolute atomic E-state index is 13.1. The van der Waals surface area contributed by atoms with Crippen LogP contribution in [0.3, 0.4) is 0 Å². The van der Waals surface area contributed by atoms with Gasteiger partial charge in [-0.1, -0.05) is 17.2 Å². The number of carbonyl (C=O) groups is 2. The van der Waals surface area contributed by atoms with Crippen LogP contribution in [0.25, 0.3) is 0 Å². The van der Waals surface area contributed by atoms with Crippen molar-refractivity contribution in [2.24, 2.45) is 11.3 Å². The van der Waals surface area contributed by atoms with Crippen LogP contribution in [0.2, 0.25) is 0 Å². The summed E-state index contributed by atoms with van der Waals surface area (Å²) in [6, 6.07) is 6.06. The first-order valence-electron chi connectivity index (χ1n) is 10.1. The Morgan fingerprint density at radius 3 is 2.42 bits per heavy atom. The number of hydrogen-bond acceptors (Lipinski definition) is 2. The number of amides is 2. The summed E-state index contributed by atoms with van der Waals surface area (Å²) >= 11 is 0. The van der Waals surface area contributed by atoms with Crippen LogP contribution in [0.4, 0.5) is 0 Å². The fourth-order valence-corrected chi connectivity index (χ4v) is 4.82. The van der Waals surface area contributed by atoms with Gasteiger partial charge in [-0.25, -0.2) is 0 Å². The lowest BCUT2D eigenvalue weighted by Crippen LogP contribution is -2.37. The van der Waals surface area contributed by atoms with Gasteiger partial charge in [0.2, 0.25) is 5.91 Å². The molecule has 4 nitrogen and oxygen atoms in total. The quantitative estimate of drug-likeness (QED) is 0.833. The summed E-state index contributed by atoms with van der Waals surface area (Å²) in [6.45, 7) is 7.42. The number of aryl methyl sites for hydroxylation is 2. The minimum Gasteiger partial charge on any atom is -0.342 e. The average Bonchev–Trinajstić information content (AvgIpc) is 3.39. The highest BCUT2D eigenvalue weighted by Gasteiger charge is 2.48. The number of benzene rings is 1. The lowest BCUT2D eigenvalue weighted by atomic mass is 9.79. The van der Waals surface area contributed by atoms with Gasteiger partial charge in [0.1, 0.15) is 0 Å². The monoisotopic (exact) mass is 354 g/mol. The molecule has 2 saturated heterocycles. The third-order valence-electron chi connectivity index (χ3n) is 6.48. The summed E-state index contributed by atoms with van der Waals surface area (Å²) in [6.07, 6.45) is 6.24. The van der Waals surface area contributed by atoms with E-state index < -0.39 is 0 Å². The Balaban J connectivity index is 1.44. The van der Waals surface area contributed by atoms with E-state index >= 15 is 0 Å². The molecular weight excluding hydrogens is 324 g/mol. The Kier molecular flexibility index (Phi) is 4.54. The second-order valence-electron chi connectivity index (χ2n) is 8.75. The minimum atomic E-state index is -0.202. The Labute approximate surface area is 156 Å². The van der Waals surface area contributed by atoms with E-state index in [9.17, 15) is 9.59 Å². The lowest BCUT2D eigenvalue weighted by Gasteiger charge is -2.27. The molecule has 1 spiro atoms. The van der Waals surface area contributed by atoms with Gasteiger partial charge in [0.05, 0.1) is 5.41 Å². The van der Waals surface area contributed by atoms with Gasteiger partial charge >= 0.3 is 0 Å². The zero-order valence-electron chi connectivity index (χ0n) is 16.1. The van der Waals surface area contributed by atoms with Crippen molar-refractivity contribution in [2.45, 2.75) is 52.4 Å². The largest absolute Gasteiger partial charge is 0.342 e. The van der Waals surface area contributed by atoms with E-state index in [0.29, 0.717) is 12.5 Å². The van der Waals surface area contributed by atoms with Crippen LogP contribution in [0.5, 0.6) is 0 Å². The SMILES string of the molecule is Cc1cc(C)cc(C(=O)N2CCCC3(CC2)CCN(CC2CC2)C3=O)c1. The van der Waals surface area contributed by atoms with Gasteiger partial charge in [0, 0.05) is 31.7 Å². The molecule has 4 rings (SSSR count). The standard InChI is InChI=1S/C22H30N2O2/c1-16-12-17(2)14-19(13-16)20(25)23-9-3-6-22(7-10-23)8-11-24(21(22)26)15-18-4-5-18/h12-14,18H,3-11,15H2,1-2H3. The molecule has 0 N–H and O–H groups in total. The van der Waals surface area contributed by atoms with Gasteiger partial charge < -0.3 is 9.80 Å². The van der Waals surface area contributed by atoms with Crippen molar-refractivity contribution in [1.29, 1.82) is 0 Å². The summed E-state index contributed by atoms with van der Waals surface area (Å²) in [5, 5.41) is 0. The minimum absolute atomic E-state index is 0.120. The zero-order valence-corrected chi connectivity index (χ0v) is 16.1. The number of carbonyl (C=O) groups excluding carboxylic acids is 2. The topological polar surface area (TPSA) is 40.6 Å². The van der Waals surface area contributed by atoms with Crippen molar-refractivity contribution in [2.75, 3.05) is 26.2 Å². The lowest BCUT2D eigenvalue weighted by molar-refractivity contribution is -0.136. The van der Waals surface area contributed by atoms with Crippen LogP contribution in [0.1, 0.15) is 60.0 Å². The molecule has 0 radical (unpaired) electrons. The van der Waals surface area contributed by atoms with Crippen molar-refractivity contribution in [3.63, 3.8) is 0 Å². The van der Waals surface area contributed by atoms with Gasteiger partial charge in [-0.2, -0.15) is 0 Å². The second-order valence-corrected chi connectivity index (χ2v) is 8.75. The molecule has 0 bridgehead atoms. The molecule has 0 aromatic heterocycles. The van der Waals surface area contributed by atoms with Crippen molar-refractivity contribution >= 4 is 11.8 Å². The summed E-state index contributed by atoms with van der Waals surface area (Å²) < 4.78 is 0. The molecule has 26 heavy (non-hydrogen) atoms. The molecule has 2 heterocycles. The predicted molar refractivity (Wildman–Crippen MR) is 102 cm³/mol. The highest BCUT2D eigenvalue weighted by molar-refractivity contribution is 5.94. The highest BCUT2D eigenvalue weighted by Crippen LogP contribution is 2.43. The fraction of sp³-hybridized carbons (Fsp3) is 0.636. The van der Waals surface area contributed by atoms with E-state index in [4.69, 9.17) is 0 Å². The zero-order chi connectivity index (χ0) is 18.3. The predicted octanol–water partition coefficient (Wildman–Crippen LogP) is 3.56. The van der Waals surface area contributed by atoms with E-state index in [-0.39, 0.29) is 11.3 Å². The summed E-state index contributed by atoms with van der Waals surface area (Å²) in [5.41, 5.74) is 2.83. The maximum Gasteiger partial charge on any atom is 0.253 e. The summed E-state index contributed by atoms with van der Waals surface area (Å²) in [5.74, 6) is 1.24. The normalized spacial score (nSPS) is 26.5. The summed E-state index contributed by atoms with van der Waals surface area (Å²) in [4.78, 5) is 30.1. The van der Waals surface area contributed by atoms with Crippen molar-refractivity contribution < 1.29 is 9.59 Å². The van der Waals surface area contributed by atoms with Gasteiger partial charge in [-0.3, -0.25) is 9.59 Å². The van der Waals surface area contributed by atoms with E-state index in [2.05, 4.69) is 11.0 Å². The molecule has 1 aromatic rings. The van der Waals surface area contributed by atoms with E-state index in [1.807, 2.05) is 30.9 Å². The van der Waals surface area contributed by atoms with Crippen molar-refractivity contribution in [1.82, 2.24) is 9.80 Å². The van der Waals surface area contributed by atoms with Gasteiger partial charge in [0.25, 0.3) is 5.91 Å². The van der Waals surface area contributed by atoms with Gasteiger partial charge in [0.15, 0.2) is 0 Å². The second kappa shape index (κ2) is 6.71. The Bertz CT molecular complexity index is 705. The number of nitrogens with zero attached hydrogens (tertiary/aromatic N) is 2. The Hall–Kier alpha value is -1.84. The van der Waals surface area contributed by atoms with Crippen LogP contribution in [-0.2, 0) is 4.79 Å². The number of rotatable bonds is 3. The summed E-state index contributed by atoms with van der Waals surface area (Å²) in [7, 11) is 0. The molecule has 4 heteroatoms. The van der Waals surface area contributed by atoms with Crippen LogP contribution < -0.4 is 0 Å². The molecular formula is C22H30N2O2. The van der Waals surface area contributed by atoms with Gasteiger partial charge in [-0.15, -0.1) is 0 Å². The third-order valence-corrected chi connectivity index (χ3v) is 6.48. The van der Waals surface area contributed by atoms with Crippen LogP contribution in [0, 0.1) is 25.2 Å². The molecule has 1 saturated carbocycles. The molecule has 1 aliphatic carbocycles. The first-order chi connectivity index (χ1) is 12.5. The van der Waals surface area contributed by atoms with Crippen molar-refractivity contribution in [3.05, 3.63) is 34.9 Å². The third kappa shape index (κ3) is 3.38. The van der Waals surface area contributed by atoms with Crippen LogP contribution >= 0.6 is 0 Å². The Morgan fingerprint density at radius 2 is 1.73 bits per heavy atom. The molecule has 1 aromatic carbocycles. The molecule has 3 fully saturated rings. The molecule has 1 atom stereocenters. The number of hydrogen-bond donors (Lipinski definition) is 0. The molecule has 140 valence electrons. The van der Waals surface area contributed by atoms with Crippen molar-refractivity contribution in [3.8, 4) is 0 Å². The molecule has 2 aliphatic heterocycles. The van der Waals surface area contributed by atoms with Crippen LogP contribution in [0.15, 0.2) is 18.2 Å². The fourth-order valence-electron chi connectivity index (χ4n) is 4.82. The highest BCUT2D eigenvalue weighted by atomic mass is 16.2. The molecule has 2 amide bonds. The van der Waals surface area contributed by atoms with Crippen LogP contribution in [-0.4, -0.2) is 47.8 Å². The van der Waals surface area contributed by atoms with E-state index in [0.717, 1.165) is 67.9 Å². The first-order valence-corrected chi connectivity index (χ1v) is 10.1. The average molecular weight is 354 g/mol. The maximum atomic E-state index is 13.1. The van der Waals surface area contributed by atoms with E-state index in [1.165, 1.54) is 12.8 Å². The van der Waals surface area contributed by atoms with Gasteiger partial charge in [-0.05, 0) is 70.4 Å². The molecule has 1 unspecified atom stereocenters. The first kappa shape index (κ1) is 17.6. The van der Waals surface area contributed by atoms with E-state index in [1.54, 1.807) is 0 Å². The smallest absolute Gasteiger partial charge is 0.253 e. The molecule has 3 aliphatic rings.